The Morgan fingerprint density at radius 2 is 1.87 bits per heavy atom. The molecule has 0 radical (unpaired) electrons. The van der Waals surface area contributed by atoms with E-state index >= 15 is 0 Å². The Kier molecular flexibility index (Phi) is 6.09. The maximum absolute atomic E-state index is 13.9. The van der Waals surface area contributed by atoms with Gasteiger partial charge in [0, 0.05) is 38.4 Å². The van der Waals surface area contributed by atoms with Gasteiger partial charge in [0.1, 0.15) is 12.4 Å². The van der Waals surface area contributed by atoms with Crippen LogP contribution in [0.15, 0.2) is 41.3 Å². The monoisotopic (exact) mass is 418 g/mol. The maximum Gasteiger partial charge on any atom is 0.339 e. The van der Waals surface area contributed by atoms with E-state index in [1.54, 1.807) is 18.2 Å². The fraction of sp³-hybridized carbons (Fsp3) is 0.316. The minimum Gasteiger partial charge on any atom is -0.465 e. The molecule has 1 aliphatic rings. The normalized spacial score (nSPS) is 13.8. The molecule has 11 heteroatoms. The van der Waals surface area contributed by atoms with Gasteiger partial charge in [0.2, 0.25) is 5.91 Å². The summed E-state index contributed by atoms with van der Waals surface area (Å²) < 4.78 is 19.3. The smallest absolute Gasteiger partial charge is 0.339 e. The van der Waals surface area contributed by atoms with Gasteiger partial charge >= 0.3 is 17.2 Å². The van der Waals surface area contributed by atoms with Gasteiger partial charge in [-0.2, -0.15) is 0 Å². The van der Waals surface area contributed by atoms with Crippen LogP contribution in [0.1, 0.15) is 10.4 Å². The van der Waals surface area contributed by atoms with Crippen molar-refractivity contribution in [2.24, 2.45) is 0 Å². The van der Waals surface area contributed by atoms with E-state index in [4.69, 9.17) is 0 Å². The molecule has 3 rings (SSSR count). The summed E-state index contributed by atoms with van der Waals surface area (Å²) >= 11 is 0. The summed E-state index contributed by atoms with van der Waals surface area (Å²) in [5, 5.41) is 11.1. The molecule has 0 bridgehead atoms. The highest BCUT2D eigenvalue weighted by molar-refractivity contribution is 5.89. The first-order valence-corrected chi connectivity index (χ1v) is 9.06. The number of hydrogen-bond donors (Lipinski definition) is 0. The number of halogens is 1. The molecule has 0 saturated carbocycles. The number of amides is 1. The number of nitro groups is 1. The van der Waals surface area contributed by atoms with Crippen LogP contribution in [0.2, 0.25) is 0 Å². The number of piperazine rings is 1. The predicted octanol–water partition coefficient (Wildman–Crippen LogP) is 1.03. The molecule has 0 spiro atoms. The summed E-state index contributed by atoms with van der Waals surface area (Å²) in [4.78, 5) is 50.2. The number of benzene rings is 1. The van der Waals surface area contributed by atoms with Crippen LogP contribution < -0.4 is 10.5 Å². The summed E-state index contributed by atoms with van der Waals surface area (Å²) in [6.07, 6.45) is 1.06. The summed E-state index contributed by atoms with van der Waals surface area (Å²) in [5.41, 5.74) is -1.58. The van der Waals surface area contributed by atoms with Crippen molar-refractivity contribution in [1.82, 2.24) is 9.47 Å². The summed E-state index contributed by atoms with van der Waals surface area (Å²) in [6, 6.07) is 7.16. The number of nitrogens with zero attached hydrogens (tertiary/aromatic N) is 4. The highest BCUT2D eigenvalue weighted by atomic mass is 19.1. The Morgan fingerprint density at radius 1 is 1.20 bits per heavy atom. The summed E-state index contributed by atoms with van der Waals surface area (Å²) in [7, 11) is 1.10. The highest BCUT2D eigenvalue weighted by Gasteiger charge is 2.25. The fourth-order valence-electron chi connectivity index (χ4n) is 3.25. The molecule has 0 unspecified atom stereocenters. The van der Waals surface area contributed by atoms with E-state index in [0.29, 0.717) is 31.9 Å². The molecule has 10 nitrogen and oxygen atoms in total. The Labute approximate surface area is 170 Å². The lowest BCUT2D eigenvalue weighted by Crippen LogP contribution is -2.50. The second-order valence-electron chi connectivity index (χ2n) is 6.62. The molecule has 1 fully saturated rings. The van der Waals surface area contributed by atoms with Crippen LogP contribution in [0, 0.1) is 15.9 Å². The quantitative estimate of drug-likeness (QED) is 0.405. The molecule has 1 aromatic carbocycles. The Hall–Kier alpha value is -3.76. The largest absolute Gasteiger partial charge is 0.465 e. The van der Waals surface area contributed by atoms with Crippen LogP contribution in [0.4, 0.5) is 15.8 Å². The first-order chi connectivity index (χ1) is 14.3. The zero-order valence-electron chi connectivity index (χ0n) is 16.1. The number of para-hydroxylation sites is 1. The first-order valence-electron chi connectivity index (χ1n) is 9.06. The number of pyridine rings is 1. The van der Waals surface area contributed by atoms with Gasteiger partial charge in [-0.25, -0.2) is 9.18 Å². The van der Waals surface area contributed by atoms with E-state index in [-0.39, 0.29) is 11.4 Å². The number of aromatic nitrogens is 1. The van der Waals surface area contributed by atoms with E-state index in [0.717, 1.165) is 23.9 Å². The van der Waals surface area contributed by atoms with Crippen LogP contribution in [0.5, 0.6) is 0 Å². The Bertz CT molecular complexity index is 1050. The van der Waals surface area contributed by atoms with Crippen molar-refractivity contribution in [1.29, 1.82) is 0 Å². The van der Waals surface area contributed by atoms with Gasteiger partial charge < -0.3 is 14.5 Å². The van der Waals surface area contributed by atoms with Crippen LogP contribution >= 0.6 is 0 Å². The molecule has 0 N–H and O–H groups in total. The Morgan fingerprint density at radius 3 is 2.47 bits per heavy atom. The molecule has 2 heterocycles. The second-order valence-corrected chi connectivity index (χ2v) is 6.62. The van der Waals surface area contributed by atoms with Gasteiger partial charge in [-0.05, 0) is 12.1 Å². The lowest BCUT2D eigenvalue weighted by Gasteiger charge is -2.36. The van der Waals surface area contributed by atoms with Crippen LogP contribution in [0.3, 0.4) is 0 Å². The lowest BCUT2D eigenvalue weighted by molar-refractivity contribution is -0.386. The number of rotatable bonds is 5. The standard InChI is InChI=1S/C19H19FN4O6/c1-30-19(27)13-10-16(24(28)29)18(26)23(11-13)12-17(25)22-8-6-21(7-9-22)15-5-3-2-4-14(15)20/h2-5,10-11H,6-9,12H2,1H3. The van der Waals surface area contributed by atoms with Gasteiger partial charge in [0.15, 0.2) is 0 Å². The number of anilines is 1. The molecule has 1 aromatic heterocycles. The first kappa shape index (κ1) is 21.0. The van der Waals surface area contributed by atoms with Crippen molar-refractivity contribution in [2.45, 2.75) is 6.54 Å². The van der Waals surface area contributed by atoms with Crippen molar-refractivity contribution in [3.05, 3.63) is 68.4 Å². The average molecular weight is 418 g/mol. The molecule has 1 aliphatic heterocycles. The number of carbonyl (C=O) groups excluding carboxylic acids is 2. The number of carbonyl (C=O) groups is 2. The van der Waals surface area contributed by atoms with Crippen LogP contribution in [0.25, 0.3) is 0 Å². The third-order valence-corrected chi connectivity index (χ3v) is 4.82. The average Bonchev–Trinajstić information content (AvgIpc) is 2.74. The van der Waals surface area contributed by atoms with Crippen molar-refractivity contribution in [3.63, 3.8) is 0 Å². The highest BCUT2D eigenvalue weighted by Crippen LogP contribution is 2.20. The minimum absolute atomic E-state index is 0.207. The lowest BCUT2D eigenvalue weighted by atomic mass is 10.2. The number of esters is 1. The van der Waals surface area contributed by atoms with Crippen LogP contribution in [-0.2, 0) is 16.1 Å². The van der Waals surface area contributed by atoms with E-state index < -0.39 is 34.6 Å². The minimum atomic E-state index is -0.994. The molecule has 2 aromatic rings. The zero-order valence-corrected chi connectivity index (χ0v) is 16.1. The van der Waals surface area contributed by atoms with Gasteiger partial charge in [-0.1, -0.05) is 12.1 Å². The summed E-state index contributed by atoms with van der Waals surface area (Å²) in [5.74, 6) is -1.66. The van der Waals surface area contributed by atoms with Crippen molar-refractivity contribution < 1.29 is 23.6 Å². The van der Waals surface area contributed by atoms with E-state index in [9.17, 15) is 28.9 Å². The third kappa shape index (κ3) is 4.29. The maximum atomic E-state index is 13.9. The number of hydrogen-bond acceptors (Lipinski definition) is 7. The fourth-order valence-corrected chi connectivity index (χ4v) is 3.25. The van der Waals surface area contributed by atoms with Crippen molar-refractivity contribution in [2.75, 3.05) is 38.2 Å². The van der Waals surface area contributed by atoms with Gasteiger partial charge in [0.25, 0.3) is 0 Å². The SMILES string of the molecule is COC(=O)c1cc([N+](=O)[O-])c(=O)n(CC(=O)N2CCN(c3ccccc3F)CC2)c1. The Balaban J connectivity index is 1.74. The molecule has 158 valence electrons. The third-order valence-electron chi connectivity index (χ3n) is 4.82. The van der Waals surface area contributed by atoms with Crippen molar-refractivity contribution in [3.8, 4) is 0 Å². The molecule has 1 amide bonds. The van der Waals surface area contributed by atoms with E-state index in [2.05, 4.69) is 4.74 Å². The number of methoxy groups -OCH3 is 1. The molecule has 30 heavy (non-hydrogen) atoms. The van der Waals surface area contributed by atoms with Gasteiger partial charge in [0.05, 0.1) is 23.3 Å². The topological polar surface area (TPSA) is 115 Å². The van der Waals surface area contributed by atoms with E-state index in [1.807, 2.05) is 4.90 Å². The molecular weight excluding hydrogens is 399 g/mol. The second kappa shape index (κ2) is 8.72. The predicted molar refractivity (Wildman–Crippen MR) is 104 cm³/mol. The van der Waals surface area contributed by atoms with Crippen LogP contribution in [-0.4, -0.2) is 59.6 Å². The summed E-state index contributed by atoms with van der Waals surface area (Å²) in [6.45, 7) is 0.902. The zero-order chi connectivity index (χ0) is 21.8. The van der Waals surface area contributed by atoms with E-state index in [1.165, 1.54) is 11.0 Å². The molecule has 1 saturated heterocycles. The molecular formula is C19H19FN4O6. The number of ether oxygens (including phenoxy) is 1. The van der Waals surface area contributed by atoms with Gasteiger partial charge in [-0.15, -0.1) is 0 Å². The van der Waals surface area contributed by atoms with Crippen molar-refractivity contribution >= 4 is 23.3 Å². The molecule has 0 atom stereocenters. The molecule has 0 aliphatic carbocycles. The van der Waals surface area contributed by atoms with Gasteiger partial charge in [-0.3, -0.25) is 24.3 Å².